The molecule has 1 aliphatic heterocycles. The first-order chi connectivity index (χ1) is 16.6. The largest absolute Gasteiger partial charge is 0.441 e. The molecule has 0 radical (unpaired) electrons. The van der Waals surface area contributed by atoms with E-state index in [1.807, 2.05) is 65.0 Å². The Kier molecular flexibility index (Phi) is 7.15. The molecule has 1 fully saturated rings. The third kappa shape index (κ3) is 4.90. The van der Waals surface area contributed by atoms with Crippen molar-refractivity contribution >= 4 is 15.9 Å². The minimum atomic E-state index is -3.64. The van der Waals surface area contributed by atoms with Crippen molar-refractivity contribution in [3.63, 3.8) is 0 Å². The summed E-state index contributed by atoms with van der Waals surface area (Å²) in [6, 6.07) is 9.71. The van der Waals surface area contributed by atoms with Crippen LogP contribution in [0.15, 0.2) is 45.8 Å². The Bertz CT molecular complexity index is 1310. The highest BCUT2D eigenvalue weighted by Crippen LogP contribution is 2.32. The summed E-state index contributed by atoms with van der Waals surface area (Å²) < 4.78 is 34.4. The second-order valence-corrected chi connectivity index (χ2v) is 11.1. The van der Waals surface area contributed by atoms with E-state index in [2.05, 4.69) is 4.98 Å². The standard InChI is InChI=1S/C27H33N3O4S/c1-18-19(2)21(4)27(22(5)20(18)3)35(32,33)30-15-13-29(14-16-30)26(31)12-11-25-28-17-24(34-25)23-9-7-6-8-10-23/h6-10,17H,11-16H2,1-5H3. The lowest BCUT2D eigenvalue weighted by Crippen LogP contribution is -2.50. The van der Waals surface area contributed by atoms with Gasteiger partial charge >= 0.3 is 0 Å². The zero-order valence-electron chi connectivity index (χ0n) is 21.1. The van der Waals surface area contributed by atoms with E-state index in [0.717, 1.165) is 33.4 Å². The number of nitrogens with zero attached hydrogens (tertiary/aromatic N) is 3. The minimum absolute atomic E-state index is 0.0177. The predicted molar refractivity (Wildman–Crippen MR) is 136 cm³/mol. The molecule has 0 saturated carbocycles. The van der Waals surface area contributed by atoms with Gasteiger partial charge in [0.2, 0.25) is 15.9 Å². The van der Waals surface area contributed by atoms with Crippen LogP contribution in [0.4, 0.5) is 0 Å². The van der Waals surface area contributed by atoms with E-state index >= 15 is 0 Å². The van der Waals surface area contributed by atoms with Crippen molar-refractivity contribution in [1.29, 1.82) is 0 Å². The van der Waals surface area contributed by atoms with Gasteiger partial charge in [-0.2, -0.15) is 4.31 Å². The molecule has 1 amide bonds. The lowest BCUT2D eigenvalue weighted by Gasteiger charge is -2.35. The Morgan fingerprint density at radius 1 is 0.886 bits per heavy atom. The number of sulfonamides is 1. The Balaban J connectivity index is 1.38. The van der Waals surface area contributed by atoms with Gasteiger partial charge in [0, 0.05) is 44.6 Å². The number of aromatic nitrogens is 1. The summed E-state index contributed by atoms with van der Waals surface area (Å²) in [5, 5.41) is 0. The summed E-state index contributed by atoms with van der Waals surface area (Å²) in [5.74, 6) is 1.18. The number of rotatable bonds is 6. The van der Waals surface area contributed by atoms with E-state index in [4.69, 9.17) is 4.42 Å². The van der Waals surface area contributed by atoms with Gasteiger partial charge in [-0.3, -0.25) is 4.79 Å². The zero-order valence-corrected chi connectivity index (χ0v) is 21.9. The first kappa shape index (κ1) is 25.1. The minimum Gasteiger partial charge on any atom is -0.441 e. The Labute approximate surface area is 207 Å². The number of benzene rings is 2. The molecule has 186 valence electrons. The zero-order chi connectivity index (χ0) is 25.3. The molecule has 3 aromatic rings. The number of amides is 1. The molecule has 35 heavy (non-hydrogen) atoms. The van der Waals surface area contributed by atoms with Crippen molar-refractivity contribution in [3.8, 4) is 11.3 Å². The van der Waals surface area contributed by atoms with Crippen molar-refractivity contribution in [2.24, 2.45) is 0 Å². The van der Waals surface area contributed by atoms with Gasteiger partial charge in [0.1, 0.15) is 0 Å². The fourth-order valence-electron chi connectivity index (χ4n) is 4.69. The molecule has 0 atom stereocenters. The molecule has 0 spiro atoms. The van der Waals surface area contributed by atoms with Gasteiger partial charge in [-0.05, 0) is 62.4 Å². The molecular weight excluding hydrogens is 462 g/mol. The fraction of sp³-hybridized carbons (Fsp3) is 0.407. The van der Waals surface area contributed by atoms with Crippen LogP contribution >= 0.6 is 0 Å². The maximum Gasteiger partial charge on any atom is 0.243 e. The number of oxazole rings is 1. The van der Waals surface area contributed by atoms with Crippen LogP contribution in [0.5, 0.6) is 0 Å². The van der Waals surface area contributed by atoms with Crippen LogP contribution in [0.25, 0.3) is 11.3 Å². The number of aryl methyl sites for hydroxylation is 1. The number of carbonyl (C=O) groups is 1. The molecule has 4 rings (SSSR count). The molecule has 8 heteroatoms. The third-order valence-corrected chi connectivity index (χ3v) is 9.46. The van der Waals surface area contributed by atoms with Gasteiger partial charge in [-0.15, -0.1) is 0 Å². The van der Waals surface area contributed by atoms with E-state index in [0.29, 0.717) is 36.1 Å². The smallest absolute Gasteiger partial charge is 0.243 e. The van der Waals surface area contributed by atoms with Crippen molar-refractivity contribution in [1.82, 2.24) is 14.2 Å². The molecule has 0 unspecified atom stereocenters. The van der Waals surface area contributed by atoms with Crippen LogP contribution < -0.4 is 0 Å². The van der Waals surface area contributed by atoms with Crippen molar-refractivity contribution in [3.05, 3.63) is 70.2 Å². The molecule has 1 aliphatic rings. The summed E-state index contributed by atoms with van der Waals surface area (Å²) in [7, 11) is -3.64. The molecule has 1 saturated heterocycles. The van der Waals surface area contributed by atoms with Gasteiger partial charge in [0.15, 0.2) is 11.7 Å². The van der Waals surface area contributed by atoms with Crippen LogP contribution in [0, 0.1) is 34.6 Å². The van der Waals surface area contributed by atoms with Gasteiger partial charge in [0.25, 0.3) is 0 Å². The lowest BCUT2D eigenvalue weighted by atomic mass is 9.95. The molecule has 7 nitrogen and oxygen atoms in total. The molecule has 1 aromatic heterocycles. The Hall–Kier alpha value is -2.97. The van der Waals surface area contributed by atoms with E-state index in [1.54, 1.807) is 11.1 Å². The van der Waals surface area contributed by atoms with Gasteiger partial charge in [0.05, 0.1) is 11.1 Å². The lowest BCUT2D eigenvalue weighted by molar-refractivity contribution is -0.132. The van der Waals surface area contributed by atoms with Crippen molar-refractivity contribution in [2.75, 3.05) is 26.2 Å². The van der Waals surface area contributed by atoms with E-state index in [9.17, 15) is 13.2 Å². The first-order valence-corrected chi connectivity index (χ1v) is 13.4. The SMILES string of the molecule is Cc1c(C)c(C)c(S(=O)(=O)N2CCN(C(=O)CCc3ncc(-c4ccccc4)o3)CC2)c(C)c1C. The number of hydrogen-bond acceptors (Lipinski definition) is 5. The second kappa shape index (κ2) is 9.95. The number of piperazine rings is 1. The van der Waals surface area contributed by atoms with Gasteiger partial charge < -0.3 is 9.32 Å². The third-order valence-electron chi connectivity index (χ3n) is 7.29. The summed E-state index contributed by atoms with van der Waals surface area (Å²) in [6.07, 6.45) is 2.36. The summed E-state index contributed by atoms with van der Waals surface area (Å²) in [4.78, 5) is 19.2. The average molecular weight is 496 g/mol. The highest BCUT2D eigenvalue weighted by atomic mass is 32.2. The summed E-state index contributed by atoms with van der Waals surface area (Å²) in [5.41, 5.74) is 5.73. The quantitative estimate of drug-likeness (QED) is 0.508. The average Bonchev–Trinajstić information content (AvgIpc) is 3.34. The van der Waals surface area contributed by atoms with Gasteiger partial charge in [-0.1, -0.05) is 30.3 Å². The Morgan fingerprint density at radius 3 is 2.06 bits per heavy atom. The van der Waals surface area contributed by atoms with E-state index in [-0.39, 0.29) is 25.4 Å². The van der Waals surface area contributed by atoms with Crippen LogP contribution in [0.1, 0.15) is 40.1 Å². The van der Waals surface area contributed by atoms with Crippen LogP contribution in [-0.4, -0.2) is 54.7 Å². The normalized spacial score (nSPS) is 14.9. The molecule has 0 bridgehead atoms. The maximum absolute atomic E-state index is 13.6. The molecular formula is C27H33N3O4S. The van der Waals surface area contributed by atoms with Crippen molar-refractivity contribution in [2.45, 2.75) is 52.4 Å². The number of hydrogen-bond donors (Lipinski definition) is 0. The highest BCUT2D eigenvalue weighted by molar-refractivity contribution is 7.89. The summed E-state index contributed by atoms with van der Waals surface area (Å²) in [6.45, 7) is 11.1. The van der Waals surface area contributed by atoms with Crippen molar-refractivity contribution < 1.29 is 17.6 Å². The van der Waals surface area contributed by atoms with Crippen LogP contribution in [0.3, 0.4) is 0 Å². The maximum atomic E-state index is 13.6. The van der Waals surface area contributed by atoms with E-state index < -0.39 is 10.0 Å². The van der Waals surface area contributed by atoms with E-state index in [1.165, 1.54) is 4.31 Å². The first-order valence-electron chi connectivity index (χ1n) is 12.0. The van der Waals surface area contributed by atoms with Crippen LogP contribution in [0.2, 0.25) is 0 Å². The second-order valence-electron chi connectivity index (χ2n) is 9.22. The monoisotopic (exact) mass is 495 g/mol. The number of carbonyl (C=O) groups excluding carboxylic acids is 1. The topological polar surface area (TPSA) is 83.7 Å². The highest BCUT2D eigenvalue weighted by Gasteiger charge is 2.33. The Morgan fingerprint density at radius 2 is 1.46 bits per heavy atom. The fourth-order valence-corrected chi connectivity index (χ4v) is 6.68. The van der Waals surface area contributed by atoms with Crippen LogP contribution in [-0.2, 0) is 21.2 Å². The summed E-state index contributed by atoms with van der Waals surface area (Å²) >= 11 is 0. The molecule has 2 heterocycles. The molecule has 2 aromatic carbocycles. The molecule has 0 N–H and O–H groups in total. The predicted octanol–water partition coefficient (Wildman–Crippen LogP) is 4.35. The molecule has 0 aliphatic carbocycles. The van der Waals surface area contributed by atoms with Gasteiger partial charge in [-0.25, -0.2) is 13.4 Å².